The first kappa shape index (κ1) is 18.7. The minimum Gasteiger partial charge on any atom is -0.289 e. The lowest BCUT2D eigenvalue weighted by Crippen LogP contribution is -2.22. The van der Waals surface area contributed by atoms with Gasteiger partial charge in [-0.2, -0.15) is 0 Å². The van der Waals surface area contributed by atoms with Crippen LogP contribution in [-0.2, 0) is 0 Å². The number of hydrogen-bond acceptors (Lipinski definition) is 2. The Bertz CT molecular complexity index is 1440. The van der Waals surface area contributed by atoms with Crippen molar-refractivity contribution < 1.29 is 9.59 Å². The second-order valence-electron chi connectivity index (χ2n) is 7.34. The summed E-state index contributed by atoms with van der Waals surface area (Å²) in [5.41, 5.74) is 2.72. The molecule has 0 aliphatic heterocycles. The molecule has 2 nitrogen and oxygen atoms in total. The number of ketones is 2. The third-order valence-electron chi connectivity index (χ3n) is 5.64. The van der Waals surface area contributed by atoms with Crippen LogP contribution in [0.2, 0.25) is 0 Å². The molecule has 0 N–H and O–H groups in total. The first-order chi connectivity index (χ1) is 14.6. The largest absolute Gasteiger partial charge is 0.289 e. The van der Waals surface area contributed by atoms with E-state index in [1.807, 2.05) is 30.3 Å². The average Bonchev–Trinajstić information content (AvgIpc) is 2.77. The van der Waals surface area contributed by atoms with Crippen LogP contribution >= 0.6 is 15.9 Å². The second kappa shape index (κ2) is 7.19. The molecule has 5 rings (SSSR count). The molecule has 0 bridgehead atoms. The molecule has 0 fully saturated rings. The fourth-order valence-electron chi connectivity index (χ4n) is 4.23. The maximum absolute atomic E-state index is 13.4. The van der Waals surface area contributed by atoms with Crippen LogP contribution in [0.1, 0.15) is 33.2 Å². The van der Waals surface area contributed by atoms with Gasteiger partial charge in [-0.1, -0.05) is 70.5 Å². The second-order valence-corrected chi connectivity index (χ2v) is 8.26. The molecule has 1 aliphatic carbocycles. The molecule has 4 aromatic carbocycles. The van der Waals surface area contributed by atoms with Gasteiger partial charge < -0.3 is 0 Å². The van der Waals surface area contributed by atoms with Crippen molar-refractivity contribution in [3.8, 4) is 0 Å². The molecule has 0 atom stereocenters. The standard InChI is InChI=1S/C27H17BrO2/c1-2-19-24(27(30)23-12-11-18(28)15-25(23)26(19)29)14-17-13-16-7-3-4-8-20(16)22-10-6-5-9-21(17)22/h2-15H,1H3/b19-2+,24-14+. The quantitative estimate of drug-likeness (QED) is 0.226. The SMILES string of the molecule is C/C=C1/C(=O)c2cc(Br)ccc2C(=O)/C1=C/c1cc2ccccc2c2ccccc12. The first-order valence-corrected chi connectivity index (χ1v) is 10.6. The molecule has 4 aromatic rings. The van der Waals surface area contributed by atoms with Gasteiger partial charge in [0, 0.05) is 26.7 Å². The van der Waals surface area contributed by atoms with E-state index < -0.39 is 0 Å². The number of carbonyl (C=O) groups is 2. The van der Waals surface area contributed by atoms with E-state index in [1.165, 1.54) is 5.39 Å². The summed E-state index contributed by atoms with van der Waals surface area (Å²) in [5, 5.41) is 4.45. The van der Waals surface area contributed by atoms with E-state index in [9.17, 15) is 9.59 Å². The molecule has 3 heteroatoms. The van der Waals surface area contributed by atoms with Gasteiger partial charge in [0.15, 0.2) is 11.6 Å². The van der Waals surface area contributed by atoms with Crippen LogP contribution in [-0.4, -0.2) is 11.6 Å². The Morgan fingerprint density at radius 1 is 0.700 bits per heavy atom. The molecule has 0 saturated carbocycles. The minimum atomic E-state index is -0.123. The summed E-state index contributed by atoms with van der Waals surface area (Å²) in [6.07, 6.45) is 3.61. The van der Waals surface area contributed by atoms with E-state index in [-0.39, 0.29) is 11.6 Å². The van der Waals surface area contributed by atoms with Crippen molar-refractivity contribution in [2.75, 3.05) is 0 Å². The highest BCUT2D eigenvalue weighted by Gasteiger charge is 2.32. The van der Waals surface area contributed by atoms with Crippen LogP contribution in [0.4, 0.5) is 0 Å². The van der Waals surface area contributed by atoms with Crippen LogP contribution in [0, 0.1) is 0 Å². The fourth-order valence-corrected chi connectivity index (χ4v) is 4.59. The van der Waals surface area contributed by atoms with Crippen molar-refractivity contribution in [1.29, 1.82) is 0 Å². The predicted octanol–water partition coefficient (Wildman–Crippen LogP) is 7.16. The molecule has 0 heterocycles. The van der Waals surface area contributed by atoms with Gasteiger partial charge in [0.25, 0.3) is 0 Å². The molecule has 144 valence electrons. The van der Waals surface area contributed by atoms with Crippen LogP contribution < -0.4 is 0 Å². The van der Waals surface area contributed by atoms with E-state index in [0.29, 0.717) is 22.3 Å². The molecular weight excluding hydrogens is 436 g/mol. The Labute approximate surface area is 182 Å². The van der Waals surface area contributed by atoms with Gasteiger partial charge in [0.05, 0.1) is 0 Å². The maximum Gasteiger partial charge on any atom is 0.194 e. The highest BCUT2D eigenvalue weighted by molar-refractivity contribution is 9.10. The van der Waals surface area contributed by atoms with Crippen molar-refractivity contribution in [1.82, 2.24) is 0 Å². The van der Waals surface area contributed by atoms with E-state index >= 15 is 0 Å². The third-order valence-corrected chi connectivity index (χ3v) is 6.13. The summed E-state index contributed by atoms with van der Waals surface area (Å²) in [5.74, 6) is -0.243. The number of hydrogen-bond donors (Lipinski definition) is 0. The number of allylic oxidation sites excluding steroid dienone is 3. The minimum absolute atomic E-state index is 0.121. The van der Waals surface area contributed by atoms with Crippen molar-refractivity contribution in [3.63, 3.8) is 0 Å². The summed E-state index contributed by atoms with van der Waals surface area (Å²) in [7, 11) is 0. The van der Waals surface area contributed by atoms with E-state index in [4.69, 9.17) is 0 Å². The van der Waals surface area contributed by atoms with Crippen LogP contribution in [0.25, 0.3) is 27.6 Å². The maximum atomic E-state index is 13.4. The predicted molar refractivity (Wildman–Crippen MR) is 126 cm³/mol. The molecule has 0 amide bonds. The number of rotatable bonds is 1. The highest BCUT2D eigenvalue weighted by Crippen LogP contribution is 2.35. The average molecular weight is 453 g/mol. The first-order valence-electron chi connectivity index (χ1n) is 9.76. The molecular formula is C27H17BrO2. The summed E-state index contributed by atoms with van der Waals surface area (Å²) in [4.78, 5) is 26.5. The monoisotopic (exact) mass is 452 g/mol. The molecule has 0 unspecified atom stereocenters. The lowest BCUT2D eigenvalue weighted by molar-refractivity contribution is 0.0973. The van der Waals surface area contributed by atoms with Crippen LogP contribution in [0.3, 0.4) is 0 Å². The van der Waals surface area contributed by atoms with Gasteiger partial charge in [0.2, 0.25) is 0 Å². The van der Waals surface area contributed by atoms with Gasteiger partial charge in [-0.15, -0.1) is 0 Å². The van der Waals surface area contributed by atoms with Crippen molar-refractivity contribution in [3.05, 3.63) is 111 Å². The van der Waals surface area contributed by atoms with Gasteiger partial charge in [-0.25, -0.2) is 0 Å². The number of carbonyl (C=O) groups excluding carboxylic acids is 2. The third kappa shape index (κ3) is 2.86. The Kier molecular flexibility index (Phi) is 4.48. The molecule has 0 spiro atoms. The van der Waals surface area contributed by atoms with Crippen molar-refractivity contribution in [2.24, 2.45) is 0 Å². The van der Waals surface area contributed by atoms with Gasteiger partial charge in [-0.3, -0.25) is 9.59 Å². The summed E-state index contributed by atoms with van der Waals surface area (Å²) in [6, 6.07) is 23.7. The zero-order valence-corrected chi connectivity index (χ0v) is 17.9. The molecule has 30 heavy (non-hydrogen) atoms. The van der Waals surface area contributed by atoms with Gasteiger partial charge in [-0.05, 0) is 64.4 Å². The number of benzene rings is 4. The Hall–Kier alpha value is -3.30. The lowest BCUT2D eigenvalue weighted by atomic mass is 9.81. The number of fused-ring (bicyclic) bond motifs is 4. The number of Topliss-reactive ketones (excluding diaryl/α,β-unsaturated/α-hetero) is 2. The highest BCUT2D eigenvalue weighted by atomic mass is 79.9. The zero-order valence-electron chi connectivity index (χ0n) is 16.3. The summed E-state index contributed by atoms with van der Waals surface area (Å²) >= 11 is 3.40. The molecule has 0 aromatic heterocycles. The van der Waals surface area contributed by atoms with E-state index in [2.05, 4.69) is 46.3 Å². The smallest absolute Gasteiger partial charge is 0.194 e. The Morgan fingerprint density at radius 2 is 1.37 bits per heavy atom. The Morgan fingerprint density at radius 3 is 2.13 bits per heavy atom. The van der Waals surface area contributed by atoms with Crippen LogP contribution in [0.5, 0.6) is 0 Å². The topological polar surface area (TPSA) is 34.1 Å². The number of halogens is 1. The molecule has 0 saturated heterocycles. The van der Waals surface area contributed by atoms with E-state index in [0.717, 1.165) is 26.2 Å². The fraction of sp³-hybridized carbons (Fsp3) is 0.0370. The lowest BCUT2D eigenvalue weighted by Gasteiger charge is -2.20. The van der Waals surface area contributed by atoms with E-state index in [1.54, 1.807) is 31.2 Å². The van der Waals surface area contributed by atoms with Crippen molar-refractivity contribution >= 4 is 55.1 Å². The molecule has 0 radical (unpaired) electrons. The Balaban J connectivity index is 1.80. The molecule has 1 aliphatic rings. The van der Waals surface area contributed by atoms with Crippen molar-refractivity contribution in [2.45, 2.75) is 6.92 Å². The van der Waals surface area contributed by atoms with Crippen LogP contribution in [0.15, 0.2) is 94.5 Å². The zero-order chi connectivity index (χ0) is 20.8. The normalized spacial score (nSPS) is 16.6. The van der Waals surface area contributed by atoms with Gasteiger partial charge >= 0.3 is 0 Å². The summed E-state index contributed by atoms with van der Waals surface area (Å²) in [6.45, 7) is 1.80. The summed E-state index contributed by atoms with van der Waals surface area (Å²) < 4.78 is 0.783. The van der Waals surface area contributed by atoms with Gasteiger partial charge in [0.1, 0.15) is 0 Å².